The van der Waals surface area contributed by atoms with Crippen LogP contribution >= 0.6 is 23.1 Å². The van der Waals surface area contributed by atoms with Crippen LogP contribution < -0.4 is 0 Å². The third-order valence-corrected chi connectivity index (χ3v) is 6.51. The summed E-state index contributed by atoms with van der Waals surface area (Å²) >= 11 is 3.27. The maximum absolute atomic E-state index is 12.5. The van der Waals surface area contributed by atoms with Gasteiger partial charge < -0.3 is 4.90 Å². The van der Waals surface area contributed by atoms with Gasteiger partial charge in [-0.2, -0.15) is 0 Å². The topological polar surface area (TPSA) is 67.2 Å². The Bertz CT molecular complexity index is 691. The zero-order chi connectivity index (χ0) is 17.1. The third-order valence-electron chi connectivity index (χ3n) is 4.66. The van der Waals surface area contributed by atoms with Gasteiger partial charge in [-0.3, -0.25) is 9.69 Å². The van der Waals surface area contributed by atoms with E-state index in [0.29, 0.717) is 11.8 Å². The number of thioether (sulfide) groups is 1. The second-order valence-corrected chi connectivity index (χ2v) is 8.45. The molecule has 2 fully saturated rings. The predicted molar refractivity (Wildman–Crippen MR) is 97.9 cm³/mol. The molecule has 0 aromatic carbocycles. The molecule has 9 heteroatoms. The lowest BCUT2D eigenvalue weighted by atomic mass is 10.2. The van der Waals surface area contributed by atoms with E-state index in [4.69, 9.17) is 0 Å². The molecule has 1 saturated heterocycles. The highest BCUT2D eigenvalue weighted by molar-refractivity contribution is 7.99. The van der Waals surface area contributed by atoms with Crippen LogP contribution in [0.1, 0.15) is 23.8 Å². The molecule has 0 unspecified atom stereocenters. The van der Waals surface area contributed by atoms with Crippen LogP contribution in [0.4, 0.5) is 0 Å². The Hall–Kier alpha value is -1.45. The zero-order valence-electron chi connectivity index (χ0n) is 14.1. The average Bonchev–Trinajstić information content (AvgIpc) is 3.16. The van der Waals surface area contributed by atoms with Crippen molar-refractivity contribution >= 4 is 29.0 Å². The van der Waals surface area contributed by atoms with E-state index < -0.39 is 0 Å². The van der Waals surface area contributed by atoms with Crippen molar-refractivity contribution in [3.05, 3.63) is 22.4 Å². The van der Waals surface area contributed by atoms with Gasteiger partial charge in [0.05, 0.1) is 11.8 Å². The third kappa shape index (κ3) is 4.39. The first-order valence-electron chi connectivity index (χ1n) is 8.73. The minimum Gasteiger partial charge on any atom is -0.339 e. The van der Waals surface area contributed by atoms with E-state index in [-0.39, 0.29) is 5.91 Å². The highest BCUT2D eigenvalue weighted by Gasteiger charge is 2.28. The molecule has 2 aromatic heterocycles. The first-order valence-corrected chi connectivity index (χ1v) is 10.6. The Labute approximate surface area is 155 Å². The van der Waals surface area contributed by atoms with Crippen molar-refractivity contribution in [1.82, 2.24) is 30.0 Å². The molecular weight excluding hydrogens is 356 g/mol. The molecule has 1 saturated carbocycles. The number of carbonyl (C=O) groups is 1. The Morgan fingerprint density at radius 1 is 1.28 bits per heavy atom. The number of rotatable bonds is 7. The Balaban J connectivity index is 1.19. The first-order chi connectivity index (χ1) is 12.3. The number of piperazine rings is 1. The molecule has 134 valence electrons. The molecule has 0 bridgehead atoms. The number of thiophene rings is 1. The van der Waals surface area contributed by atoms with Crippen molar-refractivity contribution in [1.29, 1.82) is 0 Å². The summed E-state index contributed by atoms with van der Waals surface area (Å²) in [6.45, 7) is 4.63. The van der Waals surface area contributed by atoms with Crippen LogP contribution in [0.25, 0.3) is 0 Å². The van der Waals surface area contributed by atoms with Crippen LogP contribution in [0.15, 0.2) is 22.7 Å². The number of tetrazole rings is 1. The molecule has 0 atom stereocenters. The largest absolute Gasteiger partial charge is 0.339 e. The van der Waals surface area contributed by atoms with E-state index in [0.717, 1.165) is 57.1 Å². The van der Waals surface area contributed by atoms with Crippen molar-refractivity contribution in [2.24, 2.45) is 0 Å². The molecule has 1 amide bonds. The quantitative estimate of drug-likeness (QED) is 0.681. The second kappa shape index (κ2) is 7.84. The molecule has 2 aromatic rings. The molecule has 3 heterocycles. The Morgan fingerprint density at radius 3 is 2.84 bits per heavy atom. The van der Waals surface area contributed by atoms with E-state index in [2.05, 4.69) is 37.9 Å². The van der Waals surface area contributed by atoms with E-state index in [1.54, 1.807) is 0 Å². The number of nitrogens with zero attached hydrogens (tertiary/aromatic N) is 6. The lowest BCUT2D eigenvalue weighted by Gasteiger charge is -2.34. The van der Waals surface area contributed by atoms with Gasteiger partial charge in [0.2, 0.25) is 11.1 Å². The lowest BCUT2D eigenvalue weighted by Crippen LogP contribution is -2.49. The zero-order valence-corrected chi connectivity index (χ0v) is 15.7. The number of hydrogen-bond acceptors (Lipinski definition) is 7. The molecular formula is C16H22N6OS2. The van der Waals surface area contributed by atoms with Crippen molar-refractivity contribution < 1.29 is 4.79 Å². The van der Waals surface area contributed by atoms with Gasteiger partial charge in [-0.1, -0.05) is 17.8 Å². The normalized spacial score (nSPS) is 18.6. The summed E-state index contributed by atoms with van der Waals surface area (Å²) < 4.78 is 1.86. The number of amides is 1. The molecule has 2 aliphatic rings. The summed E-state index contributed by atoms with van der Waals surface area (Å²) in [6, 6.07) is 4.74. The van der Waals surface area contributed by atoms with Gasteiger partial charge >= 0.3 is 0 Å². The van der Waals surface area contributed by atoms with E-state index in [1.807, 2.05) is 20.9 Å². The highest BCUT2D eigenvalue weighted by atomic mass is 32.2. The summed E-state index contributed by atoms with van der Waals surface area (Å²) in [5.41, 5.74) is 0. The molecule has 7 nitrogen and oxygen atoms in total. The highest BCUT2D eigenvalue weighted by Crippen LogP contribution is 2.36. The summed E-state index contributed by atoms with van der Waals surface area (Å²) in [5, 5.41) is 14.7. The second-order valence-electron chi connectivity index (χ2n) is 6.48. The van der Waals surface area contributed by atoms with E-state index >= 15 is 0 Å². The average molecular weight is 379 g/mol. The molecule has 25 heavy (non-hydrogen) atoms. The summed E-state index contributed by atoms with van der Waals surface area (Å²) in [5.74, 6) is 0.607. The van der Waals surface area contributed by atoms with Gasteiger partial charge in [0, 0.05) is 37.6 Å². The van der Waals surface area contributed by atoms with Crippen molar-refractivity contribution in [2.45, 2.75) is 30.5 Å². The molecule has 0 spiro atoms. The van der Waals surface area contributed by atoms with Gasteiger partial charge in [-0.25, -0.2) is 4.68 Å². The maximum atomic E-state index is 12.5. The van der Waals surface area contributed by atoms with Crippen molar-refractivity contribution in [3.63, 3.8) is 0 Å². The van der Waals surface area contributed by atoms with Crippen LogP contribution in [0.3, 0.4) is 0 Å². The lowest BCUT2D eigenvalue weighted by molar-refractivity contribution is -0.130. The summed E-state index contributed by atoms with van der Waals surface area (Å²) in [6.07, 6.45) is 3.38. The molecule has 0 radical (unpaired) electrons. The minimum absolute atomic E-state index is 0.188. The summed E-state index contributed by atoms with van der Waals surface area (Å²) in [7, 11) is 0. The summed E-state index contributed by atoms with van der Waals surface area (Å²) in [4.78, 5) is 18.3. The van der Waals surface area contributed by atoms with Crippen molar-refractivity contribution in [3.8, 4) is 0 Å². The van der Waals surface area contributed by atoms with Crippen molar-refractivity contribution in [2.75, 3.05) is 38.5 Å². The fourth-order valence-electron chi connectivity index (χ4n) is 2.99. The van der Waals surface area contributed by atoms with Gasteiger partial charge in [0.15, 0.2) is 0 Å². The predicted octanol–water partition coefficient (Wildman–Crippen LogP) is 1.55. The smallest absolute Gasteiger partial charge is 0.233 e. The number of hydrogen-bond donors (Lipinski definition) is 0. The Kier molecular flexibility index (Phi) is 5.33. The molecule has 0 N–H and O–H groups in total. The van der Waals surface area contributed by atoms with E-state index in [9.17, 15) is 4.79 Å². The van der Waals surface area contributed by atoms with Crippen LogP contribution in [0, 0.1) is 0 Å². The molecule has 1 aliphatic carbocycles. The minimum atomic E-state index is 0.188. The maximum Gasteiger partial charge on any atom is 0.233 e. The Morgan fingerprint density at radius 2 is 2.12 bits per heavy atom. The van der Waals surface area contributed by atoms with Gasteiger partial charge in [-0.15, -0.1) is 16.4 Å². The first kappa shape index (κ1) is 17.0. The molecule has 1 aliphatic heterocycles. The van der Waals surface area contributed by atoms with Crippen LogP contribution in [-0.4, -0.2) is 74.4 Å². The van der Waals surface area contributed by atoms with Gasteiger partial charge in [0.25, 0.3) is 0 Å². The monoisotopic (exact) mass is 378 g/mol. The van der Waals surface area contributed by atoms with Crippen LogP contribution in [0.5, 0.6) is 0 Å². The fraction of sp³-hybridized carbons (Fsp3) is 0.625. The van der Waals surface area contributed by atoms with Crippen LogP contribution in [0.2, 0.25) is 0 Å². The SMILES string of the molecule is O=C(CSc1nnnn1C1CC1)N1CCN(CCc2cccs2)CC1. The molecule has 4 rings (SSSR count). The fourth-order valence-corrected chi connectivity index (χ4v) is 4.54. The van der Waals surface area contributed by atoms with Crippen LogP contribution in [-0.2, 0) is 11.2 Å². The standard InChI is InChI=1S/C16H22N6OS2/c23-15(12-25-16-17-18-19-22(16)13-3-4-13)21-9-7-20(8-10-21)6-5-14-2-1-11-24-14/h1-2,11,13H,3-10,12H2. The van der Waals surface area contributed by atoms with E-state index in [1.165, 1.54) is 16.6 Å². The van der Waals surface area contributed by atoms with Gasteiger partial charge in [-0.05, 0) is 41.1 Å². The van der Waals surface area contributed by atoms with Gasteiger partial charge in [0.1, 0.15) is 0 Å². The number of aromatic nitrogens is 4. The number of carbonyl (C=O) groups excluding carboxylic acids is 1.